The number of Topliss-reactive ketones (excluding diaryl/α,β-unsaturated/α-hetero) is 1. The fourth-order valence-electron chi connectivity index (χ4n) is 5.26. The number of carboxylic acids is 1. The van der Waals surface area contributed by atoms with Gasteiger partial charge < -0.3 is 19.6 Å². The van der Waals surface area contributed by atoms with E-state index in [4.69, 9.17) is 9.15 Å². The standard InChI is InChI=1S/C29H33F2N3O5S/c1-17-4-8-20(30)15-24(17)33-28-32-23-11-7-19(25(31)26(23)39-28)14-21(35)16-40-29(34-12-2-3-13-34)38-22-9-5-18(6-10-22)27(36)37/h4,7-8,11,15,18,22,29H,2-3,5-6,9-10,12-14,16H2,1H3,(H,32,33)(H,36,37). The van der Waals surface area contributed by atoms with Crippen LogP contribution in [0.3, 0.4) is 0 Å². The van der Waals surface area contributed by atoms with Crippen LogP contribution < -0.4 is 5.32 Å². The van der Waals surface area contributed by atoms with Crippen LogP contribution in [0.2, 0.25) is 0 Å². The number of aliphatic carboxylic acids is 1. The van der Waals surface area contributed by atoms with Crippen LogP contribution in [0.4, 0.5) is 20.5 Å². The van der Waals surface area contributed by atoms with Gasteiger partial charge in [-0.2, -0.15) is 4.98 Å². The number of hydrogen-bond acceptors (Lipinski definition) is 8. The lowest BCUT2D eigenvalue weighted by molar-refractivity contribution is -0.144. The molecule has 2 aliphatic rings. The van der Waals surface area contributed by atoms with Gasteiger partial charge in [0.25, 0.3) is 6.01 Å². The van der Waals surface area contributed by atoms with Crippen LogP contribution >= 0.6 is 11.8 Å². The van der Waals surface area contributed by atoms with Crippen LogP contribution in [0.1, 0.15) is 49.7 Å². The van der Waals surface area contributed by atoms with E-state index >= 15 is 4.39 Å². The number of likely N-dealkylation sites (tertiary alicyclic amines) is 1. The lowest BCUT2D eigenvalue weighted by Gasteiger charge is -2.33. The van der Waals surface area contributed by atoms with Gasteiger partial charge in [0.1, 0.15) is 17.1 Å². The molecule has 0 amide bonds. The molecule has 0 spiro atoms. The number of carbonyl (C=O) groups is 2. The van der Waals surface area contributed by atoms with Crippen molar-refractivity contribution < 1.29 is 32.6 Å². The lowest BCUT2D eigenvalue weighted by atomic mass is 9.87. The third kappa shape index (κ3) is 6.82. The molecule has 5 rings (SSSR count). The summed E-state index contributed by atoms with van der Waals surface area (Å²) in [6.07, 6.45) is 4.57. The quantitative estimate of drug-likeness (QED) is 0.266. The summed E-state index contributed by atoms with van der Waals surface area (Å²) in [6.45, 7) is 3.58. The lowest BCUT2D eigenvalue weighted by Crippen LogP contribution is -2.38. The minimum absolute atomic E-state index is 0.0321. The summed E-state index contributed by atoms with van der Waals surface area (Å²) in [5.74, 6) is -2.11. The Morgan fingerprint density at radius 1 is 1.18 bits per heavy atom. The maximum atomic E-state index is 15.3. The number of oxazole rings is 1. The summed E-state index contributed by atoms with van der Waals surface area (Å²) in [6, 6.07) is 7.44. The van der Waals surface area contributed by atoms with Crippen LogP contribution in [0.5, 0.6) is 0 Å². The summed E-state index contributed by atoms with van der Waals surface area (Å²) < 4.78 is 40.9. The number of aryl methyl sites for hydroxylation is 1. The molecule has 40 heavy (non-hydrogen) atoms. The fourth-order valence-corrected chi connectivity index (χ4v) is 6.34. The number of ether oxygens (including phenoxy) is 1. The smallest absolute Gasteiger partial charge is 0.306 e. The van der Waals surface area contributed by atoms with Crippen LogP contribution in [0.25, 0.3) is 11.1 Å². The highest BCUT2D eigenvalue weighted by atomic mass is 32.2. The van der Waals surface area contributed by atoms with Crippen molar-refractivity contribution in [3.05, 3.63) is 53.1 Å². The summed E-state index contributed by atoms with van der Waals surface area (Å²) in [4.78, 5) is 30.7. The first-order valence-corrected chi connectivity index (χ1v) is 14.7. The number of ketones is 1. The Hall–Kier alpha value is -3.02. The summed E-state index contributed by atoms with van der Waals surface area (Å²) in [7, 11) is 0. The van der Waals surface area contributed by atoms with Crippen molar-refractivity contribution in [3.63, 3.8) is 0 Å². The predicted molar refractivity (Wildman–Crippen MR) is 149 cm³/mol. The molecule has 11 heteroatoms. The molecular weight excluding hydrogens is 540 g/mol. The van der Waals surface area contributed by atoms with Crippen LogP contribution in [-0.4, -0.2) is 57.2 Å². The van der Waals surface area contributed by atoms with Gasteiger partial charge >= 0.3 is 5.97 Å². The number of fused-ring (bicyclic) bond motifs is 1. The zero-order valence-corrected chi connectivity index (χ0v) is 23.1. The molecule has 2 aromatic carbocycles. The first kappa shape index (κ1) is 28.5. The zero-order chi connectivity index (χ0) is 28.2. The van der Waals surface area contributed by atoms with E-state index in [9.17, 15) is 19.1 Å². The summed E-state index contributed by atoms with van der Waals surface area (Å²) in [5.41, 5.74) is 1.39. The van der Waals surface area contributed by atoms with Gasteiger partial charge in [-0.1, -0.05) is 12.1 Å². The highest BCUT2D eigenvalue weighted by Gasteiger charge is 2.31. The Morgan fingerprint density at radius 2 is 1.93 bits per heavy atom. The normalized spacial score (nSPS) is 20.6. The summed E-state index contributed by atoms with van der Waals surface area (Å²) >= 11 is 1.40. The third-order valence-electron chi connectivity index (χ3n) is 7.56. The van der Waals surface area contributed by atoms with Gasteiger partial charge in [0, 0.05) is 25.2 Å². The van der Waals surface area contributed by atoms with Gasteiger partial charge in [-0.3, -0.25) is 14.5 Å². The average Bonchev–Trinajstić information content (AvgIpc) is 3.61. The number of thioether (sulfide) groups is 1. The highest BCUT2D eigenvalue weighted by molar-refractivity contribution is 8.00. The molecule has 2 N–H and O–H groups in total. The molecule has 1 atom stereocenters. The molecule has 0 bridgehead atoms. The molecule has 1 aromatic heterocycles. The minimum atomic E-state index is -0.751. The van der Waals surface area contributed by atoms with E-state index in [1.54, 1.807) is 19.1 Å². The van der Waals surface area contributed by atoms with Crippen molar-refractivity contribution >= 4 is 46.3 Å². The number of anilines is 2. The van der Waals surface area contributed by atoms with E-state index in [-0.39, 0.29) is 52.7 Å². The average molecular weight is 574 g/mol. The van der Waals surface area contributed by atoms with E-state index < -0.39 is 17.6 Å². The number of carboxylic acid groups (broad SMARTS) is 1. The van der Waals surface area contributed by atoms with Crippen molar-refractivity contribution in [2.24, 2.45) is 5.92 Å². The van der Waals surface area contributed by atoms with Crippen LogP contribution in [0, 0.1) is 24.5 Å². The second-order valence-electron chi connectivity index (χ2n) is 10.5. The zero-order valence-electron chi connectivity index (χ0n) is 22.3. The third-order valence-corrected chi connectivity index (χ3v) is 8.75. The van der Waals surface area contributed by atoms with Gasteiger partial charge in [-0.05, 0) is 74.8 Å². The Kier molecular flexibility index (Phi) is 9.02. The van der Waals surface area contributed by atoms with E-state index in [2.05, 4.69) is 15.2 Å². The Morgan fingerprint density at radius 3 is 2.65 bits per heavy atom. The van der Waals surface area contributed by atoms with Gasteiger partial charge in [0.15, 0.2) is 17.0 Å². The molecule has 1 saturated heterocycles. The van der Waals surface area contributed by atoms with Crippen molar-refractivity contribution in [1.82, 2.24) is 9.88 Å². The highest BCUT2D eigenvalue weighted by Crippen LogP contribution is 2.32. The van der Waals surface area contributed by atoms with Gasteiger partial charge in [0.2, 0.25) is 0 Å². The second-order valence-corrected chi connectivity index (χ2v) is 11.5. The van der Waals surface area contributed by atoms with Gasteiger partial charge in [-0.15, -0.1) is 11.8 Å². The summed E-state index contributed by atoms with van der Waals surface area (Å²) in [5, 5.41) is 12.1. The van der Waals surface area contributed by atoms with E-state index in [1.165, 1.54) is 30.0 Å². The van der Waals surface area contributed by atoms with Gasteiger partial charge in [-0.25, -0.2) is 8.78 Å². The van der Waals surface area contributed by atoms with Crippen LogP contribution in [0.15, 0.2) is 34.7 Å². The van der Waals surface area contributed by atoms with Crippen molar-refractivity contribution in [2.45, 2.75) is 63.5 Å². The minimum Gasteiger partial charge on any atom is -0.481 e. The molecule has 214 valence electrons. The number of halogens is 2. The number of aromatic nitrogens is 1. The Labute approximate surface area is 235 Å². The molecule has 2 heterocycles. The largest absolute Gasteiger partial charge is 0.481 e. The topological polar surface area (TPSA) is 105 Å². The van der Waals surface area contributed by atoms with E-state index in [0.29, 0.717) is 36.9 Å². The second kappa shape index (κ2) is 12.7. The molecule has 1 aliphatic carbocycles. The first-order chi connectivity index (χ1) is 19.3. The molecule has 0 radical (unpaired) electrons. The van der Waals surface area contributed by atoms with Gasteiger partial charge in [0.05, 0.1) is 17.8 Å². The number of hydrogen-bond donors (Lipinski definition) is 2. The van der Waals surface area contributed by atoms with Crippen molar-refractivity contribution in [2.75, 3.05) is 24.2 Å². The van der Waals surface area contributed by atoms with Crippen molar-refractivity contribution in [1.29, 1.82) is 0 Å². The molecule has 1 aliphatic heterocycles. The monoisotopic (exact) mass is 573 g/mol. The fraction of sp³-hybridized carbons (Fsp3) is 0.483. The predicted octanol–water partition coefficient (Wildman–Crippen LogP) is 6.04. The molecule has 8 nitrogen and oxygen atoms in total. The SMILES string of the molecule is Cc1ccc(F)cc1Nc1nc2ccc(CC(=O)CSC(OC3CCC(C(=O)O)CC3)N3CCCC3)c(F)c2o1. The molecule has 1 unspecified atom stereocenters. The maximum Gasteiger partial charge on any atom is 0.306 e. The first-order valence-electron chi connectivity index (χ1n) is 13.6. The molecule has 2 fully saturated rings. The van der Waals surface area contributed by atoms with E-state index in [0.717, 1.165) is 31.5 Å². The Balaban J connectivity index is 1.20. The van der Waals surface area contributed by atoms with E-state index in [1.807, 2.05) is 0 Å². The van der Waals surface area contributed by atoms with Crippen molar-refractivity contribution in [3.8, 4) is 0 Å². The number of rotatable bonds is 11. The molecule has 3 aromatic rings. The maximum absolute atomic E-state index is 15.3. The molecule has 1 saturated carbocycles. The number of benzene rings is 2. The number of nitrogens with one attached hydrogen (secondary N) is 1. The number of nitrogens with zero attached hydrogens (tertiary/aromatic N) is 2. The van der Waals surface area contributed by atoms with Crippen LogP contribution in [-0.2, 0) is 20.7 Å². The number of carbonyl (C=O) groups excluding carboxylic acids is 1. The Bertz CT molecular complexity index is 1370. The molecular formula is C29H33F2N3O5S.